The van der Waals surface area contributed by atoms with E-state index in [1.807, 2.05) is 0 Å². The Kier molecular flexibility index (Phi) is 1.46. The van der Waals surface area contributed by atoms with Crippen LogP contribution in [0, 0.1) is 10.1 Å². The van der Waals surface area contributed by atoms with Crippen LogP contribution in [-0.2, 0) is 0 Å². The van der Waals surface area contributed by atoms with Crippen molar-refractivity contribution in [2.24, 2.45) is 0 Å². The molecule has 0 aliphatic carbocycles. The first kappa shape index (κ1) is 6.81. The molecule has 54 valence electrons. The average molecular weight is 164 g/mol. The van der Waals surface area contributed by atoms with Crippen LogP contribution in [0.25, 0.3) is 0 Å². The molecule has 0 bridgehead atoms. The summed E-state index contributed by atoms with van der Waals surface area (Å²) in [5, 5.41) is 21.3. The number of nitro groups is 1. The fourth-order valence-electron chi connectivity index (χ4n) is 0.457. The van der Waals surface area contributed by atoms with E-state index in [0.717, 1.165) is 6.20 Å². The van der Waals surface area contributed by atoms with Gasteiger partial charge in [-0.15, -0.1) is 0 Å². The Balaban J connectivity index is 3.15. The van der Waals surface area contributed by atoms with Crippen molar-refractivity contribution >= 4 is 17.4 Å². The van der Waals surface area contributed by atoms with Crippen LogP contribution in [0.4, 0.5) is 5.82 Å². The van der Waals surface area contributed by atoms with E-state index in [0.29, 0.717) is 4.85 Å². The van der Waals surface area contributed by atoms with Gasteiger partial charge in [0.15, 0.2) is 5.02 Å². The summed E-state index contributed by atoms with van der Waals surface area (Å²) in [7, 11) is 0. The van der Waals surface area contributed by atoms with Crippen molar-refractivity contribution in [3.8, 4) is 0 Å². The smallest absolute Gasteiger partial charge is 0.396 e. The van der Waals surface area contributed by atoms with Crippen LogP contribution in [0.1, 0.15) is 0 Å². The number of hydrogen-bond acceptors (Lipinski definition) is 4. The highest BCUT2D eigenvalue weighted by molar-refractivity contribution is 6.32. The summed E-state index contributed by atoms with van der Waals surface area (Å²) in [6.07, 6.45) is 0.930. The molecule has 0 aliphatic heterocycles. The SMILES string of the molecule is O=[N+]([O-])c1nn(O)cc1Cl. The van der Waals surface area contributed by atoms with Gasteiger partial charge in [0.05, 0.1) is 5.10 Å². The Morgan fingerprint density at radius 3 is 2.70 bits per heavy atom. The van der Waals surface area contributed by atoms with Gasteiger partial charge in [-0.05, 0) is 9.77 Å². The van der Waals surface area contributed by atoms with E-state index in [-0.39, 0.29) is 5.02 Å². The monoisotopic (exact) mass is 163 g/mol. The van der Waals surface area contributed by atoms with Gasteiger partial charge in [-0.2, -0.15) is 0 Å². The lowest BCUT2D eigenvalue weighted by molar-refractivity contribution is -0.390. The van der Waals surface area contributed by atoms with Gasteiger partial charge in [0, 0.05) is 0 Å². The van der Waals surface area contributed by atoms with Crippen LogP contribution in [0.5, 0.6) is 0 Å². The molecule has 6 nitrogen and oxygen atoms in total. The fourth-order valence-corrected chi connectivity index (χ4v) is 0.651. The molecule has 0 fully saturated rings. The predicted octanol–water partition coefficient (Wildman–Crippen LogP) is 0.682. The molecule has 0 saturated heterocycles. The molecular formula is C3H2ClN3O3. The molecule has 1 aromatic heterocycles. The van der Waals surface area contributed by atoms with Gasteiger partial charge in [-0.3, -0.25) is 0 Å². The highest BCUT2D eigenvalue weighted by Gasteiger charge is 2.18. The van der Waals surface area contributed by atoms with Crippen molar-refractivity contribution in [2.45, 2.75) is 0 Å². The van der Waals surface area contributed by atoms with E-state index in [1.54, 1.807) is 0 Å². The molecule has 0 saturated carbocycles. The van der Waals surface area contributed by atoms with E-state index < -0.39 is 10.7 Å². The van der Waals surface area contributed by atoms with Crippen molar-refractivity contribution in [2.75, 3.05) is 0 Å². The van der Waals surface area contributed by atoms with E-state index in [1.165, 1.54) is 0 Å². The third-order valence-corrected chi connectivity index (χ3v) is 1.08. The van der Waals surface area contributed by atoms with Gasteiger partial charge in [0.2, 0.25) is 0 Å². The molecule has 1 heterocycles. The Morgan fingerprint density at radius 1 is 1.90 bits per heavy atom. The molecule has 0 atom stereocenters. The Morgan fingerprint density at radius 2 is 2.50 bits per heavy atom. The van der Waals surface area contributed by atoms with E-state index >= 15 is 0 Å². The first-order valence-corrected chi connectivity index (χ1v) is 2.58. The van der Waals surface area contributed by atoms with Crippen LogP contribution >= 0.6 is 11.6 Å². The molecule has 0 spiro atoms. The zero-order chi connectivity index (χ0) is 7.72. The molecule has 0 radical (unpaired) electrons. The minimum absolute atomic E-state index is 0.187. The summed E-state index contributed by atoms with van der Waals surface area (Å²) in [4.78, 5) is 9.48. The third-order valence-electron chi connectivity index (χ3n) is 0.813. The topological polar surface area (TPSA) is 81.2 Å². The van der Waals surface area contributed by atoms with Gasteiger partial charge in [0.25, 0.3) is 0 Å². The molecular weight excluding hydrogens is 162 g/mol. The molecule has 7 heteroatoms. The van der Waals surface area contributed by atoms with Crippen molar-refractivity contribution in [1.29, 1.82) is 0 Å². The van der Waals surface area contributed by atoms with E-state index in [2.05, 4.69) is 5.10 Å². The summed E-state index contributed by atoms with van der Waals surface area (Å²) in [6, 6.07) is 0. The molecule has 0 aromatic carbocycles. The number of halogens is 1. The number of nitrogens with zero attached hydrogens (tertiary/aromatic N) is 3. The fraction of sp³-hybridized carbons (Fsp3) is 0. The first-order valence-electron chi connectivity index (χ1n) is 2.20. The maximum absolute atomic E-state index is 9.97. The third kappa shape index (κ3) is 1.01. The number of rotatable bonds is 1. The predicted molar refractivity (Wildman–Crippen MR) is 31.1 cm³/mol. The maximum atomic E-state index is 9.97. The van der Waals surface area contributed by atoms with Crippen molar-refractivity contribution < 1.29 is 10.1 Å². The lowest BCUT2D eigenvalue weighted by Crippen LogP contribution is -1.93. The maximum Gasteiger partial charge on any atom is 0.412 e. The zero-order valence-electron chi connectivity index (χ0n) is 4.56. The summed E-state index contributed by atoms with van der Waals surface area (Å²) in [5.41, 5.74) is 0. The van der Waals surface area contributed by atoms with Crippen LogP contribution in [0.3, 0.4) is 0 Å². The highest BCUT2D eigenvalue weighted by Crippen LogP contribution is 2.19. The van der Waals surface area contributed by atoms with E-state index in [4.69, 9.17) is 16.8 Å². The quantitative estimate of drug-likeness (QED) is 0.375. The average Bonchev–Trinajstić information content (AvgIpc) is 2.10. The van der Waals surface area contributed by atoms with Crippen molar-refractivity contribution in [3.05, 3.63) is 21.3 Å². The largest absolute Gasteiger partial charge is 0.412 e. The Labute approximate surface area is 59.7 Å². The normalized spacial score (nSPS) is 9.70. The lowest BCUT2D eigenvalue weighted by atomic mass is 10.7. The zero-order valence-corrected chi connectivity index (χ0v) is 5.32. The van der Waals surface area contributed by atoms with Gasteiger partial charge < -0.3 is 15.3 Å². The number of hydrogen-bond donors (Lipinski definition) is 1. The highest BCUT2D eigenvalue weighted by atomic mass is 35.5. The summed E-state index contributed by atoms with van der Waals surface area (Å²) < 4.78 is 0. The summed E-state index contributed by atoms with van der Waals surface area (Å²) in [6.45, 7) is 0. The molecule has 0 amide bonds. The van der Waals surface area contributed by atoms with Crippen molar-refractivity contribution in [1.82, 2.24) is 9.94 Å². The van der Waals surface area contributed by atoms with Gasteiger partial charge >= 0.3 is 5.82 Å². The lowest BCUT2D eigenvalue weighted by Gasteiger charge is -1.83. The molecule has 10 heavy (non-hydrogen) atoms. The molecule has 0 aliphatic rings. The second-order valence-electron chi connectivity index (χ2n) is 1.48. The number of aromatic nitrogens is 2. The second kappa shape index (κ2) is 2.14. The second-order valence-corrected chi connectivity index (χ2v) is 1.89. The molecule has 1 N–H and O–H groups in total. The summed E-state index contributed by atoms with van der Waals surface area (Å²) in [5.74, 6) is -0.552. The van der Waals surface area contributed by atoms with E-state index in [9.17, 15) is 10.1 Å². The minimum Gasteiger partial charge on any atom is -0.396 e. The molecule has 0 unspecified atom stereocenters. The van der Waals surface area contributed by atoms with Crippen LogP contribution in [0.15, 0.2) is 6.20 Å². The van der Waals surface area contributed by atoms with Gasteiger partial charge in [-0.25, -0.2) is 0 Å². The molecule has 1 aromatic rings. The molecule has 1 rings (SSSR count). The minimum atomic E-state index is -0.783. The Hall–Kier alpha value is -1.30. The van der Waals surface area contributed by atoms with Crippen LogP contribution < -0.4 is 0 Å². The van der Waals surface area contributed by atoms with Gasteiger partial charge in [0.1, 0.15) is 6.20 Å². The standard InChI is InChI=1S/C3H2ClN3O3/c4-2-1-6(8)5-3(2)7(9)10/h1,8H. The van der Waals surface area contributed by atoms with Crippen LogP contribution in [-0.4, -0.2) is 20.1 Å². The van der Waals surface area contributed by atoms with Gasteiger partial charge in [-0.1, -0.05) is 11.6 Å². The van der Waals surface area contributed by atoms with Crippen molar-refractivity contribution in [3.63, 3.8) is 0 Å². The van der Waals surface area contributed by atoms with Crippen LogP contribution in [0.2, 0.25) is 5.02 Å². The Bertz CT molecular complexity index is 270. The summed E-state index contributed by atoms with van der Waals surface area (Å²) >= 11 is 5.26. The first-order chi connectivity index (χ1) is 4.61.